The number of benzene rings is 3. The topological polar surface area (TPSA) is 149 Å². The molecule has 3 aromatic carbocycles. The summed E-state index contributed by atoms with van der Waals surface area (Å²) in [6, 6.07) is 20.1. The molecule has 0 unspecified atom stereocenters. The van der Waals surface area contributed by atoms with Crippen LogP contribution in [0.3, 0.4) is 0 Å². The number of ether oxygens (including phenoxy) is 3. The SMILES string of the molecule is O=C(NCCC[N+]12CCN(CC1)CC2)c1ccc(-c2ccc(-c3cc4nc(O[C@@H]5CO[C@H]6[C@@H]5OC[C@H]6O)[nH]c4cc3Cl)cc2)cc1.O=C([O-])C(F)(F)F. The van der Waals surface area contributed by atoms with Crippen LogP contribution in [0.1, 0.15) is 16.8 Å². The molecule has 53 heavy (non-hydrogen) atoms. The predicted octanol–water partition coefficient (Wildman–Crippen LogP) is 3.02. The number of aliphatic hydroxyl groups excluding tert-OH is 1. The molecule has 0 radical (unpaired) electrons. The van der Waals surface area contributed by atoms with Crippen molar-refractivity contribution in [1.82, 2.24) is 20.2 Å². The van der Waals surface area contributed by atoms with E-state index in [0.717, 1.165) is 46.3 Å². The van der Waals surface area contributed by atoms with Gasteiger partial charge in [0.05, 0.1) is 55.4 Å². The van der Waals surface area contributed by atoms with Gasteiger partial charge in [-0.15, -0.1) is 0 Å². The molecule has 4 atom stereocenters. The molecule has 0 saturated carbocycles. The summed E-state index contributed by atoms with van der Waals surface area (Å²) in [6.07, 6.45) is -5.85. The van der Waals surface area contributed by atoms with Crippen LogP contribution < -0.4 is 15.2 Å². The van der Waals surface area contributed by atoms with Crippen LogP contribution >= 0.6 is 11.6 Å². The maximum atomic E-state index is 12.8. The molecule has 6 heterocycles. The number of hydrogen-bond acceptors (Lipinski definition) is 9. The third-order valence-electron chi connectivity index (χ3n) is 10.5. The number of H-pyrrole nitrogens is 1. The molecule has 4 aromatic rings. The summed E-state index contributed by atoms with van der Waals surface area (Å²) < 4.78 is 50.2. The fourth-order valence-corrected chi connectivity index (χ4v) is 7.69. The van der Waals surface area contributed by atoms with Gasteiger partial charge >= 0.3 is 6.18 Å². The third kappa shape index (κ3) is 8.30. The molecular formula is C37H39ClF3N5O7. The highest BCUT2D eigenvalue weighted by atomic mass is 35.5. The highest BCUT2D eigenvalue weighted by Crippen LogP contribution is 2.35. The number of aromatic amines is 1. The van der Waals surface area contributed by atoms with Crippen molar-refractivity contribution in [2.45, 2.75) is 37.0 Å². The van der Waals surface area contributed by atoms with E-state index in [4.69, 9.17) is 35.7 Å². The van der Waals surface area contributed by atoms with Crippen molar-refractivity contribution in [3.63, 3.8) is 0 Å². The summed E-state index contributed by atoms with van der Waals surface area (Å²) in [5, 5.41) is 22.5. The number of amides is 1. The molecule has 5 fully saturated rings. The average molecular weight is 758 g/mol. The lowest BCUT2D eigenvalue weighted by Gasteiger charge is -2.50. The first kappa shape index (κ1) is 37.1. The maximum absolute atomic E-state index is 12.8. The van der Waals surface area contributed by atoms with Crippen LogP contribution in [0, 0.1) is 0 Å². The molecule has 12 nitrogen and oxygen atoms in total. The molecule has 5 saturated heterocycles. The van der Waals surface area contributed by atoms with Crippen LogP contribution in [-0.2, 0) is 14.3 Å². The second-order valence-corrected chi connectivity index (χ2v) is 14.2. The van der Waals surface area contributed by atoms with Crippen molar-refractivity contribution in [1.29, 1.82) is 0 Å². The Labute approximate surface area is 308 Å². The molecule has 2 bridgehead atoms. The number of piperazine rings is 3. The van der Waals surface area contributed by atoms with Crippen molar-refractivity contribution in [3.05, 3.63) is 71.2 Å². The Morgan fingerprint density at radius 1 is 0.981 bits per heavy atom. The van der Waals surface area contributed by atoms with Crippen molar-refractivity contribution in [2.75, 3.05) is 65.6 Å². The predicted molar refractivity (Wildman–Crippen MR) is 186 cm³/mol. The smallest absolute Gasteiger partial charge is 0.430 e. The zero-order valence-corrected chi connectivity index (χ0v) is 29.4. The number of alkyl halides is 3. The van der Waals surface area contributed by atoms with E-state index in [2.05, 4.69) is 32.3 Å². The molecule has 16 heteroatoms. The lowest BCUT2D eigenvalue weighted by molar-refractivity contribution is -0.941. The van der Waals surface area contributed by atoms with E-state index in [1.807, 2.05) is 48.5 Å². The van der Waals surface area contributed by atoms with Crippen molar-refractivity contribution in [3.8, 4) is 28.3 Å². The lowest BCUT2D eigenvalue weighted by atomic mass is 9.99. The van der Waals surface area contributed by atoms with E-state index in [9.17, 15) is 23.1 Å². The molecule has 282 valence electrons. The summed E-state index contributed by atoms with van der Waals surface area (Å²) in [7, 11) is 0. The number of quaternary nitrogens is 1. The number of carbonyl (C=O) groups excluding carboxylic acids is 2. The number of aromatic nitrogens is 2. The molecule has 0 aliphatic carbocycles. The Bertz CT molecular complexity index is 1920. The molecule has 5 aliphatic rings. The molecule has 5 aliphatic heterocycles. The number of carboxylic acid groups (broad SMARTS) is 1. The Morgan fingerprint density at radius 2 is 1.58 bits per heavy atom. The fourth-order valence-electron chi connectivity index (χ4n) is 7.41. The van der Waals surface area contributed by atoms with Crippen molar-refractivity contribution < 1.29 is 51.7 Å². The zero-order valence-electron chi connectivity index (χ0n) is 28.6. The molecule has 3 N–H and O–H groups in total. The Hall–Kier alpha value is -4.25. The van der Waals surface area contributed by atoms with E-state index in [-0.39, 0.29) is 30.8 Å². The van der Waals surface area contributed by atoms with Crippen LogP contribution in [0.25, 0.3) is 33.3 Å². The number of imidazole rings is 1. The third-order valence-corrected chi connectivity index (χ3v) is 10.8. The normalized spacial score (nSPS) is 26.2. The van der Waals surface area contributed by atoms with Crippen molar-refractivity contribution in [2.24, 2.45) is 0 Å². The Balaban J connectivity index is 0.000000568. The quantitative estimate of drug-likeness (QED) is 0.173. The van der Waals surface area contributed by atoms with E-state index < -0.39 is 18.2 Å². The van der Waals surface area contributed by atoms with Gasteiger partial charge in [0.1, 0.15) is 24.3 Å². The molecule has 0 spiro atoms. The number of nitrogens with zero attached hydrogens (tertiary/aromatic N) is 3. The minimum atomic E-state index is -5.19. The van der Waals surface area contributed by atoms with Crippen LogP contribution in [0.4, 0.5) is 13.2 Å². The highest BCUT2D eigenvalue weighted by Gasteiger charge is 2.48. The highest BCUT2D eigenvalue weighted by molar-refractivity contribution is 6.34. The van der Waals surface area contributed by atoms with Gasteiger partial charge in [-0.25, -0.2) is 0 Å². The molecular weight excluding hydrogens is 719 g/mol. The van der Waals surface area contributed by atoms with Gasteiger partial charge in [-0.2, -0.15) is 18.2 Å². The van der Waals surface area contributed by atoms with Gasteiger partial charge < -0.3 is 44.0 Å². The molecule has 9 rings (SSSR count). The standard InChI is InChI=1S/C35H38ClN5O5.C2HF3O2/c36-27-19-29-28(38-35(39-29)46-31-21-45-32-30(42)20-44-33(31)32)18-26(27)24-6-2-22(3-7-24)23-4-8-25(9-5-23)34(43)37-10-1-14-41-15-11-40(12-16-41)13-17-41;3-2(4,5)1(6)7/h2-9,18-19,30-33,42H,1,10-17,20-21H2,(H-,37,38,39,43);(H,6,7)/t30-,31-,32-,33-;/m1./s1. The average Bonchev–Trinajstić information content (AvgIpc) is 3.86. The first-order chi connectivity index (χ1) is 25.4. The van der Waals surface area contributed by atoms with Crippen molar-refractivity contribution >= 4 is 34.5 Å². The van der Waals surface area contributed by atoms with Gasteiger partial charge in [-0.1, -0.05) is 48.0 Å². The summed E-state index contributed by atoms with van der Waals surface area (Å²) in [5.41, 5.74) is 6.09. The number of fused-ring (bicyclic) bond motifs is 5. The van der Waals surface area contributed by atoms with E-state index in [1.54, 1.807) is 0 Å². The van der Waals surface area contributed by atoms with Gasteiger partial charge in [0.15, 0.2) is 6.10 Å². The number of hydrogen-bond donors (Lipinski definition) is 3. The van der Waals surface area contributed by atoms with Crippen LogP contribution in [0.5, 0.6) is 6.01 Å². The van der Waals surface area contributed by atoms with Crippen LogP contribution in [-0.4, -0.2) is 132 Å². The number of rotatable bonds is 9. The molecule has 1 amide bonds. The minimum Gasteiger partial charge on any atom is -0.542 e. The first-order valence-electron chi connectivity index (χ1n) is 17.5. The Morgan fingerprint density at radius 3 is 2.23 bits per heavy atom. The number of halogens is 4. The van der Waals surface area contributed by atoms with Crippen LogP contribution in [0.15, 0.2) is 60.7 Å². The van der Waals surface area contributed by atoms with Gasteiger partial charge in [0, 0.05) is 43.7 Å². The zero-order chi connectivity index (χ0) is 37.3. The van der Waals surface area contributed by atoms with E-state index in [1.165, 1.54) is 43.8 Å². The van der Waals surface area contributed by atoms with E-state index in [0.29, 0.717) is 29.7 Å². The summed E-state index contributed by atoms with van der Waals surface area (Å²) in [5.74, 6) is -3.03. The number of carboxylic acids is 1. The summed E-state index contributed by atoms with van der Waals surface area (Å²) >= 11 is 6.71. The molecule has 1 aromatic heterocycles. The van der Waals surface area contributed by atoms with Gasteiger partial charge in [0.25, 0.3) is 11.9 Å². The maximum Gasteiger partial charge on any atom is 0.430 e. The second-order valence-electron chi connectivity index (χ2n) is 13.8. The number of nitrogens with one attached hydrogen (secondary N) is 2. The van der Waals surface area contributed by atoms with E-state index >= 15 is 0 Å². The van der Waals surface area contributed by atoms with Gasteiger partial charge in [-0.05, 0) is 41.0 Å². The number of aliphatic carboxylic acids is 1. The summed E-state index contributed by atoms with van der Waals surface area (Å²) in [4.78, 5) is 32.0. The fraction of sp³-hybridized carbons (Fsp3) is 0.432. The second kappa shape index (κ2) is 15.2. The first-order valence-corrected chi connectivity index (χ1v) is 17.9. The largest absolute Gasteiger partial charge is 0.542 e. The van der Waals surface area contributed by atoms with Gasteiger partial charge in [-0.3, -0.25) is 9.69 Å². The van der Waals surface area contributed by atoms with Gasteiger partial charge in [0.2, 0.25) is 0 Å². The minimum absolute atomic E-state index is 0.0197. The number of aliphatic hydroxyl groups is 1. The monoisotopic (exact) mass is 757 g/mol. The Kier molecular flexibility index (Phi) is 10.7. The van der Waals surface area contributed by atoms with Crippen LogP contribution in [0.2, 0.25) is 5.02 Å². The lowest BCUT2D eigenvalue weighted by Crippen LogP contribution is -2.67. The number of carbonyl (C=O) groups is 2. The summed E-state index contributed by atoms with van der Waals surface area (Å²) in [6.45, 7) is 9.84.